The van der Waals surface area contributed by atoms with E-state index in [0.717, 1.165) is 11.4 Å². The summed E-state index contributed by atoms with van der Waals surface area (Å²) in [6, 6.07) is 9.59. The summed E-state index contributed by atoms with van der Waals surface area (Å²) < 4.78 is 1.82. The van der Waals surface area contributed by atoms with Crippen LogP contribution in [0, 0.1) is 0 Å². The molecule has 2 aliphatic rings. The Balaban J connectivity index is 1.60. The first-order valence-electron chi connectivity index (χ1n) is 7.38. The summed E-state index contributed by atoms with van der Waals surface area (Å²) in [6.45, 7) is 2.50. The van der Waals surface area contributed by atoms with Gasteiger partial charge in [0.2, 0.25) is 0 Å². The van der Waals surface area contributed by atoms with Crippen molar-refractivity contribution in [2.45, 2.75) is 31.3 Å². The Morgan fingerprint density at radius 1 is 1.15 bits per heavy atom. The third-order valence-electron chi connectivity index (χ3n) is 4.52. The second kappa shape index (κ2) is 4.90. The molecule has 2 atom stereocenters. The first-order chi connectivity index (χ1) is 9.92. The Labute approximate surface area is 118 Å². The number of aromatic nitrogens is 3. The van der Waals surface area contributed by atoms with Crippen molar-refractivity contribution in [2.75, 3.05) is 18.4 Å². The SMILES string of the molecule is c1ccc(-n2ccnn2)c(NC2CCN3CCCC23)c1. The van der Waals surface area contributed by atoms with E-state index in [1.807, 2.05) is 16.9 Å². The molecule has 4 rings (SSSR count). The highest BCUT2D eigenvalue weighted by Gasteiger charge is 2.37. The van der Waals surface area contributed by atoms with Gasteiger partial charge in [-0.05, 0) is 37.9 Å². The third kappa shape index (κ3) is 1.98. The summed E-state index contributed by atoms with van der Waals surface area (Å²) >= 11 is 0. The summed E-state index contributed by atoms with van der Waals surface area (Å²) in [5, 5.41) is 11.7. The normalized spacial score (nSPS) is 25.8. The van der Waals surface area contributed by atoms with Crippen LogP contribution in [0.2, 0.25) is 0 Å². The van der Waals surface area contributed by atoms with Gasteiger partial charge in [0.1, 0.15) is 0 Å². The van der Waals surface area contributed by atoms with Gasteiger partial charge in [0.15, 0.2) is 0 Å². The molecule has 3 heterocycles. The standard InChI is InChI=1S/C15H19N5/c1-2-5-15(20-11-8-16-18-20)12(4-1)17-13-7-10-19-9-3-6-14(13)19/h1-2,4-5,8,11,13-14,17H,3,6-7,9-10H2. The molecule has 2 saturated heterocycles. The predicted octanol–water partition coefficient (Wildman–Crippen LogP) is 1.92. The summed E-state index contributed by atoms with van der Waals surface area (Å²) in [6.07, 6.45) is 7.50. The fraction of sp³-hybridized carbons (Fsp3) is 0.467. The number of nitrogens with one attached hydrogen (secondary N) is 1. The molecule has 2 unspecified atom stereocenters. The molecule has 2 fully saturated rings. The van der Waals surface area contributed by atoms with E-state index >= 15 is 0 Å². The molecule has 0 amide bonds. The molecule has 5 heteroatoms. The van der Waals surface area contributed by atoms with Crippen molar-refractivity contribution in [3.8, 4) is 5.69 Å². The number of hydrogen-bond acceptors (Lipinski definition) is 4. The van der Waals surface area contributed by atoms with Crippen LogP contribution in [0.25, 0.3) is 5.69 Å². The number of nitrogens with zero attached hydrogens (tertiary/aromatic N) is 4. The van der Waals surface area contributed by atoms with Gasteiger partial charge >= 0.3 is 0 Å². The van der Waals surface area contributed by atoms with Gasteiger partial charge in [-0.1, -0.05) is 17.3 Å². The fourth-order valence-electron chi connectivity index (χ4n) is 3.58. The van der Waals surface area contributed by atoms with Gasteiger partial charge in [0, 0.05) is 18.6 Å². The van der Waals surface area contributed by atoms with Crippen LogP contribution in [-0.2, 0) is 0 Å². The number of hydrogen-bond donors (Lipinski definition) is 1. The summed E-state index contributed by atoms with van der Waals surface area (Å²) in [5.41, 5.74) is 2.22. The quantitative estimate of drug-likeness (QED) is 0.924. The van der Waals surface area contributed by atoms with E-state index in [0.29, 0.717) is 12.1 Å². The number of benzene rings is 1. The first-order valence-corrected chi connectivity index (χ1v) is 7.38. The largest absolute Gasteiger partial charge is 0.379 e. The first kappa shape index (κ1) is 11.9. The molecule has 0 radical (unpaired) electrons. The lowest BCUT2D eigenvalue weighted by atomic mass is 10.1. The molecule has 0 aliphatic carbocycles. The highest BCUT2D eigenvalue weighted by Crippen LogP contribution is 2.31. The van der Waals surface area contributed by atoms with E-state index in [2.05, 4.69) is 38.7 Å². The van der Waals surface area contributed by atoms with E-state index in [9.17, 15) is 0 Å². The van der Waals surface area contributed by atoms with Crippen LogP contribution < -0.4 is 5.32 Å². The van der Waals surface area contributed by atoms with Crippen LogP contribution >= 0.6 is 0 Å². The van der Waals surface area contributed by atoms with Gasteiger partial charge in [0.25, 0.3) is 0 Å². The second-order valence-electron chi connectivity index (χ2n) is 5.65. The lowest BCUT2D eigenvalue weighted by Crippen LogP contribution is -2.34. The van der Waals surface area contributed by atoms with Gasteiger partial charge in [-0.2, -0.15) is 0 Å². The molecular formula is C15H19N5. The van der Waals surface area contributed by atoms with E-state index in [-0.39, 0.29) is 0 Å². The Hall–Kier alpha value is -1.88. The molecule has 2 aliphatic heterocycles. The van der Waals surface area contributed by atoms with Crippen LogP contribution in [0.3, 0.4) is 0 Å². The van der Waals surface area contributed by atoms with Gasteiger partial charge in [-0.3, -0.25) is 4.90 Å². The average Bonchev–Trinajstić information content (AvgIpc) is 3.18. The zero-order chi connectivity index (χ0) is 13.4. The van der Waals surface area contributed by atoms with E-state index < -0.39 is 0 Å². The Kier molecular flexibility index (Phi) is 2.92. The van der Waals surface area contributed by atoms with Crippen molar-refractivity contribution in [3.05, 3.63) is 36.7 Å². The molecule has 0 spiro atoms. The predicted molar refractivity (Wildman–Crippen MR) is 78.0 cm³/mol. The molecule has 0 bridgehead atoms. The average molecular weight is 269 g/mol. The lowest BCUT2D eigenvalue weighted by molar-refractivity contribution is 0.318. The van der Waals surface area contributed by atoms with Gasteiger partial charge in [-0.25, -0.2) is 4.68 Å². The van der Waals surface area contributed by atoms with Crippen LogP contribution in [0.5, 0.6) is 0 Å². The Morgan fingerprint density at radius 2 is 2.10 bits per heavy atom. The molecule has 1 N–H and O–H groups in total. The van der Waals surface area contributed by atoms with Gasteiger partial charge in [0.05, 0.1) is 23.8 Å². The highest BCUT2D eigenvalue weighted by molar-refractivity contribution is 5.61. The Morgan fingerprint density at radius 3 is 3.00 bits per heavy atom. The van der Waals surface area contributed by atoms with Gasteiger partial charge < -0.3 is 5.32 Å². The van der Waals surface area contributed by atoms with Crippen LogP contribution in [-0.4, -0.2) is 45.1 Å². The minimum absolute atomic E-state index is 0.558. The second-order valence-corrected chi connectivity index (χ2v) is 5.65. The van der Waals surface area contributed by atoms with Crippen LogP contribution in [0.1, 0.15) is 19.3 Å². The highest BCUT2D eigenvalue weighted by atomic mass is 15.4. The maximum Gasteiger partial charge on any atom is 0.0894 e. The maximum atomic E-state index is 4.10. The molecule has 1 aromatic heterocycles. The Bertz CT molecular complexity index is 580. The molecule has 104 valence electrons. The third-order valence-corrected chi connectivity index (χ3v) is 4.52. The number of fused-ring (bicyclic) bond motifs is 1. The molecule has 1 aromatic carbocycles. The minimum Gasteiger partial charge on any atom is -0.379 e. The lowest BCUT2D eigenvalue weighted by Gasteiger charge is -2.23. The summed E-state index contributed by atoms with van der Waals surface area (Å²) in [7, 11) is 0. The van der Waals surface area contributed by atoms with Crippen molar-refractivity contribution in [2.24, 2.45) is 0 Å². The summed E-state index contributed by atoms with van der Waals surface area (Å²) in [5.74, 6) is 0. The van der Waals surface area contributed by atoms with Crippen LogP contribution in [0.4, 0.5) is 5.69 Å². The molecular weight excluding hydrogens is 250 g/mol. The van der Waals surface area contributed by atoms with Crippen molar-refractivity contribution in [1.29, 1.82) is 0 Å². The zero-order valence-electron chi connectivity index (χ0n) is 11.4. The van der Waals surface area contributed by atoms with Crippen molar-refractivity contribution >= 4 is 5.69 Å². The van der Waals surface area contributed by atoms with Crippen molar-refractivity contribution < 1.29 is 0 Å². The molecule has 2 aromatic rings. The molecule has 20 heavy (non-hydrogen) atoms. The topological polar surface area (TPSA) is 46.0 Å². The van der Waals surface area contributed by atoms with Crippen molar-refractivity contribution in [1.82, 2.24) is 19.9 Å². The number of rotatable bonds is 3. The fourth-order valence-corrected chi connectivity index (χ4v) is 3.58. The smallest absolute Gasteiger partial charge is 0.0894 e. The number of anilines is 1. The molecule has 0 saturated carbocycles. The van der Waals surface area contributed by atoms with E-state index in [1.54, 1.807) is 6.20 Å². The summed E-state index contributed by atoms with van der Waals surface area (Å²) in [4.78, 5) is 2.62. The van der Waals surface area contributed by atoms with Crippen LogP contribution in [0.15, 0.2) is 36.7 Å². The minimum atomic E-state index is 0.558. The maximum absolute atomic E-state index is 4.10. The number of para-hydroxylation sites is 2. The van der Waals surface area contributed by atoms with Gasteiger partial charge in [-0.15, -0.1) is 5.10 Å². The van der Waals surface area contributed by atoms with Crippen molar-refractivity contribution in [3.63, 3.8) is 0 Å². The van der Waals surface area contributed by atoms with E-state index in [1.165, 1.54) is 32.4 Å². The zero-order valence-corrected chi connectivity index (χ0v) is 11.4. The monoisotopic (exact) mass is 269 g/mol. The molecule has 5 nitrogen and oxygen atoms in total. The van der Waals surface area contributed by atoms with E-state index in [4.69, 9.17) is 0 Å².